The number of rotatable bonds is 10. The smallest absolute Gasteiger partial charge is 0.305 e. The molecule has 0 aliphatic rings. The van der Waals surface area contributed by atoms with Gasteiger partial charge in [-0.3, -0.25) is 14.5 Å². The first-order valence-corrected chi connectivity index (χ1v) is 8.10. The largest absolute Gasteiger partial charge is 0.466 e. The van der Waals surface area contributed by atoms with Crippen molar-refractivity contribution in [3.8, 4) is 0 Å². The molecule has 0 aliphatic carbocycles. The zero-order valence-electron chi connectivity index (χ0n) is 14.3. The van der Waals surface area contributed by atoms with Crippen LogP contribution < -0.4 is 10.6 Å². The molecule has 0 atom stereocenters. The van der Waals surface area contributed by atoms with Crippen molar-refractivity contribution in [2.24, 2.45) is 12.0 Å². The molecule has 1 aromatic heterocycles. The highest BCUT2D eigenvalue weighted by Crippen LogP contribution is 2.03. The van der Waals surface area contributed by atoms with Crippen LogP contribution in [0.2, 0.25) is 0 Å². The van der Waals surface area contributed by atoms with Crippen LogP contribution in [0.1, 0.15) is 44.9 Å². The minimum absolute atomic E-state index is 0.0981. The van der Waals surface area contributed by atoms with E-state index >= 15 is 0 Å². The third-order valence-corrected chi connectivity index (χ3v) is 3.35. The number of aliphatic imine (C=N–C) groups is 1. The molecule has 1 aromatic rings. The molecule has 1 heterocycles. The van der Waals surface area contributed by atoms with Crippen LogP contribution in [0.5, 0.6) is 0 Å². The number of nitrogens with one attached hydrogen (secondary N) is 2. The summed E-state index contributed by atoms with van der Waals surface area (Å²) in [7, 11) is 3.60. The molecular formula is C15H28N6O2. The van der Waals surface area contributed by atoms with E-state index in [-0.39, 0.29) is 5.97 Å². The topological polar surface area (TPSA) is 93.4 Å². The van der Waals surface area contributed by atoms with Crippen LogP contribution in [0, 0.1) is 0 Å². The summed E-state index contributed by atoms with van der Waals surface area (Å²) in [6, 6.07) is 0. The van der Waals surface area contributed by atoms with Crippen LogP contribution >= 0.6 is 0 Å². The monoisotopic (exact) mass is 324 g/mol. The van der Waals surface area contributed by atoms with Crippen LogP contribution in [-0.4, -0.2) is 46.9 Å². The Bertz CT molecular complexity index is 486. The van der Waals surface area contributed by atoms with Gasteiger partial charge in [0.15, 0.2) is 5.96 Å². The molecule has 8 heteroatoms. The van der Waals surface area contributed by atoms with Crippen LogP contribution in [0.4, 0.5) is 0 Å². The second-order valence-corrected chi connectivity index (χ2v) is 5.12. The number of nitrogens with zero attached hydrogens (tertiary/aromatic N) is 4. The Labute approximate surface area is 137 Å². The maximum atomic E-state index is 11.2. The summed E-state index contributed by atoms with van der Waals surface area (Å²) in [5.74, 6) is 1.51. The first-order valence-electron chi connectivity index (χ1n) is 8.10. The lowest BCUT2D eigenvalue weighted by molar-refractivity contribution is -0.143. The molecule has 0 amide bonds. The molecule has 0 saturated heterocycles. The van der Waals surface area contributed by atoms with E-state index in [0.29, 0.717) is 19.6 Å². The van der Waals surface area contributed by atoms with Gasteiger partial charge in [0.05, 0.1) is 13.2 Å². The molecule has 1 rings (SSSR count). The van der Waals surface area contributed by atoms with Crippen LogP contribution in [-0.2, 0) is 23.1 Å². The van der Waals surface area contributed by atoms with Gasteiger partial charge in [-0.1, -0.05) is 12.8 Å². The van der Waals surface area contributed by atoms with Gasteiger partial charge in [0, 0.05) is 27.1 Å². The number of carbonyl (C=O) groups is 1. The third-order valence-electron chi connectivity index (χ3n) is 3.35. The van der Waals surface area contributed by atoms with Gasteiger partial charge >= 0.3 is 5.97 Å². The molecule has 0 bridgehead atoms. The Morgan fingerprint density at radius 3 is 2.74 bits per heavy atom. The number of guanidine groups is 1. The Morgan fingerprint density at radius 1 is 1.30 bits per heavy atom. The second-order valence-electron chi connectivity index (χ2n) is 5.12. The number of hydrogen-bond acceptors (Lipinski definition) is 5. The molecule has 0 radical (unpaired) electrons. The summed E-state index contributed by atoms with van der Waals surface area (Å²) in [4.78, 5) is 19.5. The van der Waals surface area contributed by atoms with Crippen molar-refractivity contribution in [2.75, 3.05) is 20.2 Å². The molecule has 0 fully saturated rings. The van der Waals surface area contributed by atoms with Gasteiger partial charge in [0.25, 0.3) is 0 Å². The molecule has 0 unspecified atom stereocenters. The van der Waals surface area contributed by atoms with E-state index in [9.17, 15) is 4.79 Å². The molecule has 0 aromatic carbocycles. The fraction of sp³-hybridized carbons (Fsp3) is 0.733. The normalized spacial score (nSPS) is 11.3. The lowest BCUT2D eigenvalue weighted by Crippen LogP contribution is -2.37. The van der Waals surface area contributed by atoms with Crippen molar-refractivity contribution in [1.29, 1.82) is 0 Å². The zero-order chi connectivity index (χ0) is 16.9. The van der Waals surface area contributed by atoms with Gasteiger partial charge < -0.3 is 15.4 Å². The van der Waals surface area contributed by atoms with Crippen LogP contribution in [0.15, 0.2) is 11.3 Å². The summed E-state index contributed by atoms with van der Waals surface area (Å²) >= 11 is 0. The fourth-order valence-corrected chi connectivity index (χ4v) is 2.05. The van der Waals surface area contributed by atoms with E-state index < -0.39 is 0 Å². The number of carbonyl (C=O) groups excluding carboxylic acids is 1. The van der Waals surface area contributed by atoms with E-state index in [0.717, 1.165) is 44.0 Å². The zero-order valence-corrected chi connectivity index (χ0v) is 14.3. The Kier molecular flexibility index (Phi) is 9.42. The van der Waals surface area contributed by atoms with Gasteiger partial charge in [0.1, 0.15) is 12.2 Å². The summed E-state index contributed by atoms with van der Waals surface area (Å²) in [5, 5.41) is 10.5. The van der Waals surface area contributed by atoms with Crippen molar-refractivity contribution in [3.05, 3.63) is 12.2 Å². The molecule has 2 N–H and O–H groups in total. The van der Waals surface area contributed by atoms with Gasteiger partial charge in [-0.05, 0) is 19.8 Å². The number of aromatic nitrogens is 3. The first-order chi connectivity index (χ1) is 11.2. The number of esters is 1. The minimum atomic E-state index is -0.0981. The summed E-state index contributed by atoms with van der Waals surface area (Å²) < 4.78 is 6.62. The van der Waals surface area contributed by atoms with E-state index in [1.54, 1.807) is 11.7 Å². The maximum Gasteiger partial charge on any atom is 0.305 e. The lowest BCUT2D eigenvalue weighted by atomic mass is 10.1. The molecule has 130 valence electrons. The van der Waals surface area contributed by atoms with Gasteiger partial charge in [-0.25, -0.2) is 4.98 Å². The predicted octanol–water partition coefficient (Wildman–Crippen LogP) is 0.994. The van der Waals surface area contributed by atoms with Crippen molar-refractivity contribution >= 4 is 11.9 Å². The number of hydrogen-bond donors (Lipinski definition) is 2. The SMILES string of the molecule is CCOC(=O)CCCCCCNC(=NC)NCc1ncnn1C. The molecule has 0 aliphatic heterocycles. The fourth-order valence-electron chi connectivity index (χ4n) is 2.05. The van der Waals surface area contributed by atoms with E-state index in [4.69, 9.17) is 4.74 Å². The lowest BCUT2D eigenvalue weighted by Gasteiger charge is -2.11. The molecule has 0 spiro atoms. The molecule has 0 saturated carbocycles. The van der Waals surface area contributed by atoms with Crippen molar-refractivity contribution < 1.29 is 9.53 Å². The van der Waals surface area contributed by atoms with Crippen LogP contribution in [0.3, 0.4) is 0 Å². The highest BCUT2D eigenvalue weighted by Gasteiger charge is 2.03. The Morgan fingerprint density at radius 2 is 2.09 bits per heavy atom. The predicted molar refractivity (Wildman–Crippen MR) is 88.9 cm³/mol. The number of aryl methyl sites for hydroxylation is 1. The average Bonchev–Trinajstić information content (AvgIpc) is 2.95. The van der Waals surface area contributed by atoms with Crippen molar-refractivity contribution in [2.45, 2.75) is 45.6 Å². The van der Waals surface area contributed by atoms with Crippen molar-refractivity contribution in [1.82, 2.24) is 25.4 Å². The maximum absolute atomic E-state index is 11.2. The highest BCUT2D eigenvalue weighted by molar-refractivity contribution is 5.79. The summed E-state index contributed by atoms with van der Waals surface area (Å²) in [6.07, 6.45) is 6.08. The molecular weight excluding hydrogens is 296 g/mol. The highest BCUT2D eigenvalue weighted by atomic mass is 16.5. The Balaban J connectivity index is 2.05. The number of unbranched alkanes of at least 4 members (excludes halogenated alkanes) is 3. The van der Waals surface area contributed by atoms with Gasteiger partial charge in [-0.15, -0.1) is 0 Å². The second kappa shape index (κ2) is 11.4. The minimum Gasteiger partial charge on any atom is -0.466 e. The summed E-state index contributed by atoms with van der Waals surface area (Å²) in [6.45, 7) is 3.71. The van der Waals surface area contributed by atoms with Crippen LogP contribution in [0.25, 0.3) is 0 Å². The standard InChI is InChI=1S/C15H28N6O2/c1-4-23-14(22)9-7-5-6-8-10-17-15(16-2)18-11-13-19-12-20-21(13)3/h12H,4-11H2,1-3H3,(H2,16,17,18). The molecule has 8 nitrogen and oxygen atoms in total. The van der Waals surface area contributed by atoms with E-state index in [2.05, 4.69) is 25.7 Å². The summed E-state index contributed by atoms with van der Waals surface area (Å²) in [5.41, 5.74) is 0. The van der Waals surface area contributed by atoms with Crippen molar-refractivity contribution in [3.63, 3.8) is 0 Å². The van der Waals surface area contributed by atoms with E-state index in [1.165, 1.54) is 6.33 Å². The third kappa shape index (κ3) is 8.18. The van der Waals surface area contributed by atoms with Gasteiger partial charge in [-0.2, -0.15) is 5.10 Å². The molecule has 23 heavy (non-hydrogen) atoms. The van der Waals surface area contributed by atoms with E-state index in [1.807, 2.05) is 14.0 Å². The Hall–Kier alpha value is -2.12. The average molecular weight is 324 g/mol. The van der Waals surface area contributed by atoms with Gasteiger partial charge in [0.2, 0.25) is 0 Å². The first kappa shape index (κ1) is 18.9. The quantitative estimate of drug-likeness (QED) is 0.289. The number of ether oxygens (including phenoxy) is 1.